The number of hydrogen-bond acceptors (Lipinski definition) is 4. The summed E-state index contributed by atoms with van der Waals surface area (Å²) < 4.78 is 5.37. The molecule has 2 aromatic rings. The monoisotopic (exact) mass is 286 g/mol. The van der Waals surface area contributed by atoms with Crippen molar-refractivity contribution in [1.82, 2.24) is 4.98 Å². The van der Waals surface area contributed by atoms with Crippen molar-refractivity contribution in [3.05, 3.63) is 30.5 Å². The predicted octanol–water partition coefficient (Wildman–Crippen LogP) is 3.05. The van der Waals surface area contributed by atoms with Gasteiger partial charge in [0, 0.05) is 22.5 Å². The number of nitrogens with one attached hydrogen (secondary N) is 1. The summed E-state index contributed by atoms with van der Waals surface area (Å²) in [6, 6.07) is 7.70. The molecule has 1 aliphatic carbocycles. The molecule has 1 aromatic carbocycles. The maximum Gasteiger partial charge on any atom is 0.305 e. The van der Waals surface area contributed by atoms with Crippen molar-refractivity contribution in [2.24, 2.45) is 0 Å². The number of anilines is 1. The van der Waals surface area contributed by atoms with E-state index >= 15 is 0 Å². The van der Waals surface area contributed by atoms with Gasteiger partial charge in [0.05, 0.1) is 13.5 Å². The number of carboxylic acids is 1. The van der Waals surface area contributed by atoms with Crippen molar-refractivity contribution in [3.8, 4) is 5.75 Å². The minimum absolute atomic E-state index is 0.120. The molecule has 1 saturated carbocycles. The molecular weight excluding hydrogens is 268 g/mol. The van der Waals surface area contributed by atoms with E-state index in [4.69, 9.17) is 9.84 Å². The summed E-state index contributed by atoms with van der Waals surface area (Å²) in [5.74, 6) is 0.742. The van der Waals surface area contributed by atoms with Crippen LogP contribution in [-0.2, 0) is 4.79 Å². The minimum Gasteiger partial charge on any atom is -0.496 e. The number of nitrogens with zero attached hydrogens (tertiary/aromatic N) is 1. The quantitative estimate of drug-likeness (QED) is 0.884. The fourth-order valence-corrected chi connectivity index (χ4v) is 2.95. The highest BCUT2D eigenvalue weighted by Gasteiger charge is 2.39. The van der Waals surface area contributed by atoms with E-state index in [1.54, 1.807) is 13.3 Å². The Morgan fingerprint density at radius 1 is 1.38 bits per heavy atom. The Balaban J connectivity index is 1.99. The van der Waals surface area contributed by atoms with Gasteiger partial charge in [-0.3, -0.25) is 4.79 Å². The van der Waals surface area contributed by atoms with Crippen LogP contribution in [0.4, 0.5) is 5.82 Å². The second kappa shape index (κ2) is 5.24. The smallest absolute Gasteiger partial charge is 0.305 e. The van der Waals surface area contributed by atoms with Crippen LogP contribution < -0.4 is 10.1 Å². The SMILES string of the molecule is COc1cccc2c(NC3(CC(=O)O)CCC3)nccc12. The number of hydrogen-bond donors (Lipinski definition) is 2. The average Bonchev–Trinajstić information content (AvgIpc) is 2.44. The van der Waals surface area contributed by atoms with E-state index in [2.05, 4.69) is 10.3 Å². The molecule has 5 nitrogen and oxygen atoms in total. The van der Waals surface area contributed by atoms with Gasteiger partial charge in [0.1, 0.15) is 11.6 Å². The molecule has 21 heavy (non-hydrogen) atoms. The van der Waals surface area contributed by atoms with Gasteiger partial charge >= 0.3 is 5.97 Å². The van der Waals surface area contributed by atoms with Gasteiger partial charge in [-0.1, -0.05) is 12.1 Å². The fourth-order valence-electron chi connectivity index (χ4n) is 2.95. The van der Waals surface area contributed by atoms with E-state index in [9.17, 15) is 4.79 Å². The molecule has 0 spiro atoms. The van der Waals surface area contributed by atoms with Gasteiger partial charge in [-0.15, -0.1) is 0 Å². The average molecular weight is 286 g/mol. The summed E-state index contributed by atoms with van der Waals surface area (Å²) in [6.07, 6.45) is 4.62. The molecule has 1 aromatic heterocycles. The highest BCUT2D eigenvalue weighted by molar-refractivity contribution is 5.96. The Bertz CT molecular complexity index is 680. The van der Waals surface area contributed by atoms with Crippen LogP contribution in [0, 0.1) is 0 Å². The van der Waals surface area contributed by atoms with Crippen molar-refractivity contribution in [2.45, 2.75) is 31.2 Å². The minimum atomic E-state index is -0.778. The zero-order valence-electron chi connectivity index (χ0n) is 11.9. The summed E-state index contributed by atoms with van der Waals surface area (Å²) in [5, 5.41) is 14.4. The van der Waals surface area contributed by atoms with Crippen LogP contribution in [0.25, 0.3) is 10.8 Å². The van der Waals surface area contributed by atoms with E-state index in [-0.39, 0.29) is 12.0 Å². The lowest BCUT2D eigenvalue weighted by atomic mass is 9.74. The normalized spacial score (nSPS) is 16.2. The Morgan fingerprint density at radius 2 is 2.19 bits per heavy atom. The third kappa shape index (κ3) is 2.51. The third-order valence-electron chi connectivity index (χ3n) is 4.17. The summed E-state index contributed by atoms with van der Waals surface area (Å²) in [5.41, 5.74) is -0.365. The van der Waals surface area contributed by atoms with E-state index in [0.29, 0.717) is 0 Å². The van der Waals surface area contributed by atoms with Gasteiger partial charge in [-0.25, -0.2) is 4.98 Å². The van der Waals surface area contributed by atoms with Crippen LogP contribution in [0.5, 0.6) is 5.75 Å². The van der Waals surface area contributed by atoms with Gasteiger partial charge in [0.2, 0.25) is 0 Å². The molecule has 0 amide bonds. The van der Waals surface area contributed by atoms with E-state index in [1.165, 1.54) is 0 Å². The molecule has 0 saturated heterocycles. The molecule has 1 aliphatic rings. The Labute approximate surface area is 123 Å². The largest absolute Gasteiger partial charge is 0.496 e. The van der Waals surface area contributed by atoms with E-state index < -0.39 is 5.97 Å². The number of fused-ring (bicyclic) bond motifs is 1. The summed E-state index contributed by atoms with van der Waals surface area (Å²) in [4.78, 5) is 15.5. The van der Waals surface area contributed by atoms with Gasteiger partial charge in [0.25, 0.3) is 0 Å². The topological polar surface area (TPSA) is 71.5 Å². The number of ether oxygens (including phenoxy) is 1. The zero-order valence-corrected chi connectivity index (χ0v) is 11.9. The van der Waals surface area contributed by atoms with Crippen LogP contribution in [0.3, 0.4) is 0 Å². The summed E-state index contributed by atoms with van der Waals surface area (Å²) >= 11 is 0. The predicted molar refractivity (Wildman–Crippen MR) is 80.8 cm³/mol. The van der Waals surface area contributed by atoms with Crippen molar-refractivity contribution in [3.63, 3.8) is 0 Å². The standard InChI is InChI=1S/C16H18N2O3/c1-21-13-5-2-4-12-11(13)6-9-17-15(12)18-16(7-3-8-16)10-14(19)20/h2,4-6,9H,3,7-8,10H2,1H3,(H,17,18)(H,19,20). The van der Waals surface area contributed by atoms with Crippen LogP contribution in [-0.4, -0.2) is 28.7 Å². The number of carbonyl (C=O) groups is 1. The molecule has 0 atom stereocenters. The van der Waals surface area contributed by atoms with Crippen molar-refractivity contribution in [2.75, 3.05) is 12.4 Å². The lowest BCUT2D eigenvalue weighted by Gasteiger charge is -2.42. The lowest BCUT2D eigenvalue weighted by Crippen LogP contribution is -2.47. The zero-order chi connectivity index (χ0) is 14.9. The Kier molecular flexibility index (Phi) is 3.41. The summed E-state index contributed by atoms with van der Waals surface area (Å²) in [6.45, 7) is 0. The third-order valence-corrected chi connectivity index (χ3v) is 4.17. The van der Waals surface area contributed by atoms with Gasteiger partial charge in [-0.2, -0.15) is 0 Å². The van der Waals surface area contributed by atoms with Crippen LogP contribution in [0.15, 0.2) is 30.5 Å². The first-order valence-electron chi connectivity index (χ1n) is 7.05. The lowest BCUT2D eigenvalue weighted by molar-refractivity contribution is -0.138. The number of rotatable bonds is 5. The molecule has 1 fully saturated rings. The highest BCUT2D eigenvalue weighted by atomic mass is 16.5. The molecule has 0 bridgehead atoms. The van der Waals surface area contributed by atoms with Crippen molar-refractivity contribution in [1.29, 1.82) is 0 Å². The number of methoxy groups -OCH3 is 1. The highest BCUT2D eigenvalue weighted by Crippen LogP contribution is 2.39. The van der Waals surface area contributed by atoms with Crippen molar-refractivity contribution < 1.29 is 14.6 Å². The fraction of sp³-hybridized carbons (Fsp3) is 0.375. The van der Waals surface area contributed by atoms with Crippen LogP contribution >= 0.6 is 0 Å². The second-order valence-electron chi connectivity index (χ2n) is 5.54. The molecule has 1 heterocycles. The molecule has 0 radical (unpaired) electrons. The first-order valence-corrected chi connectivity index (χ1v) is 7.05. The summed E-state index contributed by atoms with van der Waals surface area (Å²) in [7, 11) is 1.64. The molecule has 0 unspecified atom stereocenters. The maximum atomic E-state index is 11.1. The molecular formula is C16H18N2O3. The maximum absolute atomic E-state index is 11.1. The van der Waals surface area contributed by atoms with E-state index in [1.807, 2.05) is 24.3 Å². The molecule has 0 aliphatic heterocycles. The molecule has 110 valence electrons. The van der Waals surface area contributed by atoms with Crippen molar-refractivity contribution >= 4 is 22.6 Å². The Morgan fingerprint density at radius 3 is 2.81 bits per heavy atom. The molecule has 2 N–H and O–H groups in total. The van der Waals surface area contributed by atoms with E-state index in [0.717, 1.165) is 41.6 Å². The number of aromatic nitrogens is 1. The van der Waals surface area contributed by atoms with Gasteiger partial charge < -0.3 is 15.2 Å². The first-order chi connectivity index (χ1) is 10.1. The molecule has 5 heteroatoms. The number of benzene rings is 1. The Hall–Kier alpha value is -2.30. The molecule has 3 rings (SSSR count). The number of aliphatic carboxylic acids is 1. The number of pyridine rings is 1. The van der Waals surface area contributed by atoms with Gasteiger partial charge in [-0.05, 0) is 31.4 Å². The first kappa shape index (κ1) is 13.7. The number of carboxylic acid groups (broad SMARTS) is 1. The van der Waals surface area contributed by atoms with Gasteiger partial charge in [0.15, 0.2) is 0 Å². The van der Waals surface area contributed by atoms with Crippen LogP contribution in [0.1, 0.15) is 25.7 Å². The second-order valence-corrected chi connectivity index (χ2v) is 5.54. The van der Waals surface area contributed by atoms with Crippen LogP contribution in [0.2, 0.25) is 0 Å².